The highest BCUT2D eigenvalue weighted by atomic mass is 79.9. The molecular formula is C12H13BrN2. The predicted molar refractivity (Wildman–Crippen MR) is 65.8 cm³/mol. The standard InChI is InChI=1S/C12H13BrN2/c13-10-4-1-3-9(7-10)11(8-14)12-5-2-6-15-12/h1-7,11,15H,8,14H2. The highest BCUT2D eigenvalue weighted by Crippen LogP contribution is 2.24. The summed E-state index contributed by atoms with van der Waals surface area (Å²) in [7, 11) is 0. The first-order valence-electron chi connectivity index (χ1n) is 4.90. The SMILES string of the molecule is NCC(c1cccc(Br)c1)c1ccc[nH]1. The van der Waals surface area contributed by atoms with Crippen LogP contribution in [-0.2, 0) is 0 Å². The van der Waals surface area contributed by atoms with Crippen LogP contribution in [0.4, 0.5) is 0 Å². The van der Waals surface area contributed by atoms with Crippen molar-refractivity contribution in [2.75, 3.05) is 6.54 Å². The molecule has 0 spiro atoms. The molecule has 1 aromatic heterocycles. The second-order valence-electron chi connectivity index (χ2n) is 3.47. The number of aromatic nitrogens is 1. The number of halogens is 1. The molecule has 1 unspecified atom stereocenters. The van der Waals surface area contributed by atoms with Crippen LogP contribution in [0.5, 0.6) is 0 Å². The van der Waals surface area contributed by atoms with Crippen molar-refractivity contribution in [1.29, 1.82) is 0 Å². The quantitative estimate of drug-likeness (QED) is 0.880. The Morgan fingerprint density at radius 3 is 2.73 bits per heavy atom. The Morgan fingerprint density at radius 1 is 1.27 bits per heavy atom. The van der Waals surface area contributed by atoms with Crippen LogP contribution in [0, 0.1) is 0 Å². The van der Waals surface area contributed by atoms with Gasteiger partial charge < -0.3 is 10.7 Å². The van der Waals surface area contributed by atoms with Gasteiger partial charge in [0.2, 0.25) is 0 Å². The summed E-state index contributed by atoms with van der Waals surface area (Å²) in [6.07, 6.45) is 1.93. The number of nitrogens with one attached hydrogen (secondary N) is 1. The second-order valence-corrected chi connectivity index (χ2v) is 4.38. The summed E-state index contributed by atoms with van der Waals surface area (Å²) in [5.74, 6) is 0.248. The zero-order valence-electron chi connectivity index (χ0n) is 8.28. The lowest BCUT2D eigenvalue weighted by atomic mass is 9.96. The summed E-state index contributed by atoms with van der Waals surface area (Å²) in [6, 6.07) is 12.3. The Morgan fingerprint density at radius 2 is 2.13 bits per heavy atom. The van der Waals surface area contributed by atoms with Gasteiger partial charge in [-0.15, -0.1) is 0 Å². The number of nitrogens with two attached hydrogens (primary N) is 1. The van der Waals surface area contributed by atoms with Crippen LogP contribution in [0.3, 0.4) is 0 Å². The molecule has 0 saturated heterocycles. The maximum atomic E-state index is 5.81. The molecule has 0 saturated carbocycles. The van der Waals surface area contributed by atoms with Crippen molar-refractivity contribution in [2.24, 2.45) is 5.73 Å². The number of benzene rings is 1. The summed E-state index contributed by atoms with van der Waals surface area (Å²) >= 11 is 3.47. The van der Waals surface area contributed by atoms with Crippen LogP contribution in [0.25, 0.3) is 0 Å². The van der Waals surface area contributed by atoms with Crippen molar-refractivity contribution in [3.8, 4) is 0 Å². The molecule has 0 radical (unpaired) electrons. The summed E-state index contributed by atoms with van der Waals surface area (Å²) in [5, 5.41) is 0. The molecule has 3 N–H and O–H groups in total. The minimum Gasteiger partial charge on any atom is -0.364 e. The van der Waals surface area contributed by atoms with E-state index < -0.39 is 0 Å². The molecular weight excluding hydrogens is 252 g/mol. The van der Waals surface area contributed by atoms with E-state index in [0.717, 1.165) is 10.2 Å². The fourth-order valence-corrected chi connectivity index (χ4v) is 2.14. The van der Waals surface area contributed by atoms with Crippen LogP contribution < -0.4 is 5.73 Å². The van der Waals surface area contributed by atoms with Crippen molar-refractivity contribution in [3.63, 3.8) is 0 Å². The van der Waals surface area contributed by atoms with Gasteiger partial charge in [0.25, 0.3) is 0 Å². The summed E-state index contributed by atoms with van der Waals surface area (Å²) in [6.45, 7) is 0.608. The van der Waals surface area contributed by atoms with E-state index in [0.29, 0.717) is 6.54 Å². The Balaban J connectivity index is 2.35. The molecule has 0 bridgehead atoms. The number of aromatic amines is 1. The van der Waals surface area contributed by atoms with Crippen molar-refractivity contribution in [3.05, 3.63) is 58.3 Å². The van der Waals surface area contributed by atoms with E-state index in [1.807, 2.05) is 24.4 Å². The molecule has 2 nitrogen and oxygen atoms in total. The summed E-state index contributed by atoms with van der Waals surface area (Å²) in [4.78, 5) is 3.21. The molecule has 1 aromatic carbocycles. The van der Waals surface area contributed by atoms with E-state index >= 15 is 0 Å². The Labute approximate surface area is 97.6 Å². The molecule has 0 aliphatic carbocycles. The zero-order valence-corrected chi connectivity index (χ0v) is 9.87. The third-order valence-corrected chi connectivity index (χ3v) is 2.98. The van der Waals surface area contributed by atoms with E-state index in [2.05, 4.69) is 39.1 Å². The molecule has 1 heterocycles. The molecule has 1 atom stereocenters. The van der Waals surface area contributed by atoms with Gasteiger partial charge in [-0.1, -0.05) is 28.1 Å². The van der Waals surface area contributed by atoms with Gasteiger partial charge in [0, 0.05) is 28.8 Å². The highest BCUT2D eigenvalue weighted by molar-refractivity contribution is 9.10. The molecule has 0 aliphatic heterocycles. The molecule has 0 fully saturated rings. The van der Waals surface area contributed by atoms with Crippen LogP contribution in [0.2, 0.25) is 0 Å². The minimum atomic E-state index is 0.248. The first kappa shape index (κ1) is 10.5. The fraction of sp³-hybridized carbons (Fsp3) is 0.167. The average molecular weight is 265 g/mol. The Hall–Kier alpha value is -1.06. The maximum absolute atomic E-state index is 5.81. The highest BCUT2D eigenvalue weighted by Gasteiger charge is 2.12. The topological polar surface area (TPSA) is 41.8 Å². The molecule has 0 amide bonds. The van der Waals surface area contributed by atoms with Crippen LogP contribution in [0.1, 0.15) is 17.2 Å². The molecule has 0 aliphatic rings. The predicted octanol–water partition coefficient (Wildman–Crippen LogP) is 2.87. The third-order valence-electron chi connectivity index (χ3n) is 2.48. The molecule has 2 rings (SSSR count). The lowest BCUT2D eigenvalue weighted by Crippen LogP contribution is -2.14. The van der Waals surface area contributed by atoms with Gasteiger partial charge >= 0.3 is 0 Å². The normalized spacial score (nSPS) is 12.7. The Kier molecular flexibility index (Phi) is 3.23. The fourth-order valence-electron chi connectivity index (χ4n) is 1.73. The van der Waals surface area contributed by atoms with Gasteiger partial charge in [0.05, 0.1) is 0 Å². The minimum absolute atomic E-state index is 0.248. The van der Waals surface area contributed by atoms with Crippen molar-refractivity contribution >= 4 is 15.9 Å². The Bertz CT molecular complexity index is 423. The molecule has 3 heteroatoms. The van der Waals surface area contributed by atoms with E-state index in [-0.39, 0.29) is 5.92 Å². The first-order chi connectivity index (χ1) is 7.31. The number of hydrogen-bond donors (Lipinski definition) is 2. The lowest BCUT2D eigenvalue weighted by Gasteiger charge is -2.13. The van der Waals surface area contributed by atoms with E-state index in [4.69, 9.17) is 5.73 Å². The van der Waals surface area contributed by atoms with Gasteiger partial charge in [-0.3, -0.25) is 0 Å². The van der Waals surface area contributed by atoms with Gasteiger partial charge in [0.15, 0.2) is 0 Å². The molecule has 78 valence electrons. The zero-order chi connectivity index (χ0) is 10.7. The number of rotatable bonds is 3. The lowest BCUT2D eigenvalue weighted by molar-refractivity contribution is 0.794. The first-order valence-corrected chi connectivity index (χ1v) is 5.69. The van der Waals surface area contributed by atoms with E-state index in [1.165, 1.54) is 5.56 Å². The van der Waals surface area contributed by atoms with Gasteiger partial charge in [-0.25, -0.2) is 0 Å². The number of hydrogen-bond acceptors (Lipinski definition) is 1. The van der Waals surface area contributed by atoms with Crippen LogP contribution >= 0.6 is 15.9 Å². The maximum Gasteiger partial charge on any atom is 0.0363 e. The van der Waals surface area contributed by atoms with Crippen molar-refractivity contribution < 1.29 is 0 Å². The van der Waals surface area contributed by atoms with E-state index in [9.17, 15) is 0 Å². The monoisotopic (exact) mass is 264 g/mol. The van der Waals surface area contributed by atoms with Gasteiger partial charge in [-0.05, 0) is 29.8 Å². The van der Waals surface area contributed by atoms with Crippen molar-refractivity contribution in [2.45, 2.75) is 5.92 Å². The van der Waals surface area contributed by atoms with E-state index in [1.54, 1.807) is 0 Å². The molecule has 15 heavy (non-hydrogen) atoms. The largest absolute Gasteiger partial charge is 0.364 e. The third kappa shape index (κ3) is 2.30. The van der Waals surface area contributed by atoms with Gasteiger partial charge in [-0.2, -0.15) is 0 Å². The van der Waals surface area contributed by atoms with Crippen LogP contribution in [0.15, 0.2) is 47.1 Å². The smallest absolute Gasteiger partial charge is 0.0363 e. The second kappa shape index (κ2) is 4.64. The molecule has 2 aromatic rings. The average Bonchev–Trinajstić information content (AvgIpc) is 2.72. The summed E-state index contributed by atoms with van der Waals surface area (Å²) < 4.78 is 1.09. The van der Waals surface area contributed by atoms with Gasteiger partial charge in [0.1, 0.15) is 0 Å². The number of H-pyrrole nitrogens is 1. The summed E-state index contributed by atoms with van der Waals surface area (Å²) in [5.41, 5.74) is 8.20. The van der Waals surface area contributed by atoms with Crippen LogP contribution in [-0.4, -0.2) is 11.5 Å². The van der Waals surface area contributed by atoms with Crippen molar-refractivity contribution in [1.82, 2.24) is 4.98 Å².